The second-order valence-corrected chi connectivity index (χ2v) is 6.99. The first-order valence-electron chi connectivity index (χ1n) is 10.4. The number of nitrogens with one attached hydrogen (secondary N) is 4. The minimum Gasteiger partial charge on any atom is -0.478 e. The first-order chi connectivity index (χ1) is 15.9. The molecule has 33 heavy (non-hydrogen) atoms. The predicted octanol–water partition coefficient (Wildman–Crippen LogP) is 3.37. The van der Waals surface area contributed by atoms with E-state index in [0.29, 0.717) is 28.5 Å². The summed E-state index contributed by atoms with van der Waals surface area (Å²) < 4.78 is 4.89. The maximum absolute atomic E-state index is 12.8. The van der Waals surface area contributed by atoms with E-state index in [1.807, 2.05) is 6.07 Å². The molecule has 0 bridgehead atoms. The fourth-order valence-electron chi connectivity index (χ4n) is 3.02. The standard InChI is InChI=1S/C23H25N5O5/c1-2-33-23(32)28-19-14-18(9-7-15(19)8-10-20(29)30)26-21(31)16-5-3-6-17(13-16)27-22-24-11-4-12-25-22/h3,5-10,13-14H,2,4,11-12H2,1H3,(H,26,31)(H,28,32)(H,29,30)(H2,24,25,27). The van der Waals surface area contributed by atoms with Crippen LogP contribution in [0.25, 0.3) is 6.08 Å². The van der Waals surface area contributed by atoms with Gasteiger partial charge in [-0.25, -0.2) is 9.59 Å². The van der Waals surface area contributed by atoms with Crippen LogP contribution < -0.4 is 21.3 Å². The van der Waals surface area contributed by atoms with Crippen molar-refractivity contribution in [2.75, 3.05) is 35.6 Å². The second-order valence-electron chi connectivity index (χ2n) is 6.99. The lowest BCUT2D eigenvalue weighted by Crippen LogP contribution is -2.35. The van der Waals surface area contributed by atoms with Gasteiger partial charge >= 0.3 is 12.1 Å². The summed E-state index contributed by atoms with van der Waals surface area (Å²) in [7, 11) is 0. The quantitative estimate of drug-likeness (QED) is 0.406. The van der Waals surface area contributed by atoms with Crippen LogP contribution in [0.4, 0.5) is 21.9 Å². The molecule has 1 heterocycles. The van der Waals surface area contributed by atoms with Gasteiger partial charge in [0.2, 0.25) is 0 Å². The first-order valence-corrected chi connectivity index (χ1v) is 10.4. The molecule has 0 saturated carbocycles. The number of hydrogen-bond acceptors (Lipinski definition) is 7. The van der Waals surface area contributed by atoms with Crippen LogP contribution in [-0.2, 0) is 9.53 Å². The number of rotatable bonds is 7. The van der Waals surface area contributed by atoms with Crippen molar-refractivity contribution in [2.45, 2.75) is 13.3 Å². The molecule has 0 radical (unpaired) electrons. The van der Waals surface area contributed by atoms with Crippen LogP contribution in [0.2, 0.25) is 0 Å². The number of carboxylic acids is 1. The molecule has 3 rings (SSSR count). The van der Waals surface area contributed by atoms with Crippen molar-refractivity contribution in [2.24, 2.45) is 4.99 Å². The third kappa shape index (κ3) is 7.10. The molecule has 10 nitrogen and oxygen atoms in total. The molecule has 1 aliphatic heterocycles. The maximum atomic E-state index is 12.8. The molecule has 0 fully saturated rings. The number of nitrogens with zero attached hydrogens (tertiary/aromatic N) is 1. The van der Waals surface area contributed by atoms with E-state index in [2.05, 4.69) is 26.3 Å². The van der Waals surface area contributed by atoms with Gasteiger partial charge in [0.15, 0.2) is 5.96 Å². The van der Waals surface area contributed by atoms with Crippen molar-refractivity contribution >= 4 is 47.1 Å². The number of aliphatic carboxylic acids is 1. The van der Waals surface area contributed by atoms with Crippen molar-refractivity contribution in [3.05, 3.63) is 59.7 Å². The van der Waals surface area contributed by atoms with Crippen LogP contribution in [0.1, 0.15) is 29.3 Å². The molecule has 0 unspecified atom stereocenters. The van der Waals surface area contributed by atoms with Gasteiger partial charge in [-0.15, -0.1) is 0 Å². The monoisotopic (exact) mass is 451 g/mol. The predicted molar refractivity (Wildman–Crippen MR) is 127 cm³/mol. The van der Waals surface area contributed by atoms with Gasteiger partial charge < -0.3 is 25.8 Å². The van der Waals surface area contributed by atoms with Crippen LogP contribution in [0.15, 0.2) is 53.5 Å². The number of carboxylic acid groups (broad SMARTS) is 1. The highest BCUT2D eigenvalue weighted by Gasteiger charge is 2.12. The van der Waals surface area contributed by atoms with E-state index >= 15 is 0 Å². The van der Waals surface area contributed by atoms with E-state index in [1.165, 1.54) is 12.1 Å². The fraction of sp³-hybridized carbons (Fsp3) is 0.217. The molecular formula is C23H25N5O5. The lowest BCUT2D eigenvalue weighted by atomic mass is 10.1. The highest BCUT2D eigenvalue weighted by Crippen LogP contribution is 2.24. The zero-order valence-corrected chi connectivity index (χ0v) is 18.1. The normalized spacial score (nSPS) is 12.9. The third-order valence-corrected chi connectivity index (χ3v) is 4.51. The Hall–Kier alpha value is -4.34. The van der Waals surface area contributed by atoms with Crippen LogP contribution in [0, 0.1) is 0 Å². The molecule has 1 aliphatic rings. The smallest absolute Gasteiger partial charge is 0.411 e. The first kappa shape index (κ1) is 23.3. The van der Waals surface area contributed by atoms with Gasteiger partial charge in [0.25, 0.3) is 5.91 Å². The molecule has 0 atom stereocenters. The van der Waals surface area contributed by atoms with Gasteiger partial charge in [-0.3, -0.25) is 15.1 Å². The topological polar surface area (TPSA) is 141 Å². The third-order valence-electron chi connectivity index (χ3n) is 4.51. The summed E-state index contributed by atoms with van der Waals surface area (Å²) in [5.41, 5.74) is 2.28. The zero-order valence-electron chi connectivity index (χ0n) is 18.1. The number of amides is 2. The summed E-state index contributed by atoms with van der Waals surface area (Å²) in [4.78, 5) is 39.9. The van der Waals surface area contributed by atoms with Crippen LogP contribution in [-0.4, -0.2) is 48.7 Å². The molecule has 2 aromatic rings. The molecule has 0 spiro atoms. The number of carbonyl (C=O) groups excluding carboxylic acids is 2. The molecule has 172 valence electrons. The Morgan fingerprint density at radius 2 is 2.00 bits per heavy atom. The summed E-state index contributed by atoms with van der Waals surface area (Å²) in [6, 6.07) is 11.7. The second kappa shape index (κ2) is 11.3. The molecule has 2 amide bonds. The molecular weight excluding hydrogens is 426 g/mol. The Balaban J connectivity index is 1.77. The average Bonchev–Trinajstić information content (AvgIpc) is 2.79. The number of guanidine groups is 1. The van der Waals surface area contributed by atoms with Crippen molar-refractivity contribution in [1.29, 1.82) is 0 Å². The SMILES string of the molecule is CCOC(=O)Nc1cc(NC(=O)c2cccc(NC3=NCCCN3)c2)ccc1C=CC(=O)O. The number of ether oxygens (including phenoxy) is 1. The van der Waals surface area contributed by atoms with Crippen molar-refractivity contribution in [3.8, 4) is 0 Å². The molecule has 5 N–H and O–H groups in total. The van der Waals surface area contributed by atoms with Gasteiger partial charge in [0, 0.05) is 36.1 Å². The number of benzene rings is 2. The average molecular weight is 451 g/mol. The highest BCUT2D eigenvalue weighted by atomic mass is 16.5. The molecule has 0 aromatic heterocycles. The molecule has 10 heteroatoms. The van der Waals surface area contributed by atoms with E-state index in [1.54, 1.807) is 37.3 Å². The van der Waals surface area contributed by atoms with Gasteiger partial charge in [0.05, 0.1) is 12.3 Å². The number of anilines is 3. The summed E-state index contributed by atoms with van der Waals surface area (Å²) >= 11 is 0. The zero-order chi connectivity index (χ0) is 23.6. The Labute approximate surface area is 190 Å². The van der Waals surface area contributed by atoms with Crippen molar-refractivity contribution in [1.82, 2.24) is 5.32 Å². The van der Waals surface area contributed by atoms with Gasteiger partial charge in [-0.1, -0.05) is 12.1 Å². The van der Waals surface area contributed by atoms with E-state index in [4.69, 9.17) is 9.84 Å². The van der Waals surface area contributed by atoms with E-state index < -0.39 is 12.1 Å². The van der Waals surface area contributed by atoms with E-state index in [9.17, 15) is 14.4 Å². The summed E-state index contributed by atoms with van der Waals surface area (Å²) in [6.45, 7) is 3.43. The largest absolute Gasteiger partial charge is 0.478 e. The Kier molecular flexibility index (Phi) is 8.01. The van der Waals surface area contributed by atoms with Gasteiger partial charge in [0.1, 0.15) is 0 Å². The van der Waals surface area contributed by atoms with Crippen LogP contribution in [0.3, 0.4) is 0 Å². The number of aliphatic imine (C=N–C) groups is 1. The Morgan fingerprint density at radius 3 is 2.73 bits per heavy atom. The Morgan fingerprint density at radius 1 is 1.15 bits per heavy atom. The van der Waals surface area contributed by atoms with Gasteiger partial charge in [-0.2, -0.15) is 0 Å². The molecule has 2 aromatic carbocycles. The lowest BCUT2D eigenvalue weighted by molar-refractivity contribution is -0.131. The summed E-state index contributed by atoms with van der Waals surface area (Å²) in [5, 5.41) is 20.5. The van der Waals surface area contributed by atoms with Crippen molar-refractivity contribution < 1.29 is 24.2 Å². The minimum absolute atomic E-state index is 0.175. The van der Waals surface area contributed by atoms with Crippen LogP contribution >= 0.6 is 0 Å². The van der Waals surface area contributed by atoms with Gasteiger partial charge in [-0.05, 0) is 55.3 Å². The van der Waals surface area contributed by atoms with E-state index in [0.717, 1.165) is 31.3 Å². The number of carbonyl (C=O) groups is 3. The summed E-state index contributed by atoms with van der Waals surface area (Å²) in [6.07, 6.45) is 2.58. The molecule has 0 aliphatic carbocycles. The number of hydrogen-bond donors (Lipinski definition) is 5. The van der Waals surface area contributed by atoms with Crippen molar-refractivity contribution in [3.63, 3.8) is 0 Å². The maximum Gasteiger partial charge on any atom is 0.411 e. The Bertz CT molecular complexity index is 1100. The molecule has 0 saturated heterocycles. The lowest BCUT2D eigenvalue weighted by Gasteiger charge is -2.16. The minimum atomic E-state index is -1.13. The van der Waals surface area contributed by atoms with Crippen LogP contribution in [0.5, 0.6) is 0 Å². The van der Waals surface area contributed by atoms with E-state index in [-0.39, 0.29) is 12.5 Å². The summed E-state index contributed by atoms with van der Waals surface area (Å²) in [5.74, 6) is -0.816. The highest BCUT2D eigenvalue weighted by molar-refractivity contribution is 6.06. The fourth-order valence-corrected chi connectivity index (χ4v) is 3.02.